The number of hydrogen-bond acceptors (Lipinski definition) is 7. The van der Waals surface area contributed by atoms with Gasteiger partial charge < -0.3 is 14.4 Å². The number of thiazole rings is 1. The van der Waals surface area contributed by atoms with E-state index in [2.05, 4.69) is 4.98 Å². The van der Waals surface area contributed by atoms with Gasteiger partial charge in [-0.1, -0.05) is 11.3 Å². The first-order valence-electron chi connectivity index (χ1n) is 6.53. The van der Waals surface area contributed by atoms with Crippen LogP contribution in [0.2, 0.25) is 0 Å². The molecule has 1 aliphatic heterocycles. The average molecular weight is 298 g/mol. The molecule has 0 bridgehead atoms. The van der Waals surface area contributed by atoms with Crippen molar-refractivity contribution < 1.29 is 19.1 Å². The summed E-state index contributed by atoms with van der Waals surface area (Å²) >= 11 is 1.24. The Morgan fingerprint density at radius 2 is 2.25 bits per heavy atom. The van der Waals surface area contributed by atoms with Crippen molar-refractivity contribution in [1.82, 2.24) is 4.98 Å². The number of hydrogen-bond donors (Lipinski definition) is 0. The van der Waals surface area contributed by atoms with E-state index >= 15 is 0 Å². The summed E-state index contributed by atoms with van der Waals surface area (Å²) in [6, 6.07) is 0. The number of carbonyl (C=O) groups is 2. The van der Waals surface area contributed by atoms with E-state index in [9.17, 15) is 9.59 Å². The highest BCUT2D eigenvalue weighted by atomic mass is 32.1. The first kappa shape index (κ1) is 14.9. The number of ketones is 1. The molecule has 1 aliphatic rings. The van der Waals surface area contributed by atoms with Crippen LogP contribution in [0, 0.1) is 0 Å². The normalized spacial score (nSPS) is 18.4. The van der Waals surface area contributed by atoms with Crippen molar-refractivity contribution in [2.75, 3.05) is 31.7 Å². The fraction of sp³-hybridized carbons (Fsp3) is 0.615. The van der Waals surface area contributed by atoms with Crippen LogP contribution in [0.15, 0.2) is 0 Å². The van der Waals surface area contributed by atoms with E-state index in [1.807, 2.05) is 4.90 Å². The average Bonchev–Trinajstić information content (AvgIpc) is 3.05. The first-order chi connectivity index (χ1) is 9.56. The molecule has 0 aromatic carbocycles. The van der Waals surface area contributed by atoms with Gasteiger partial charge in [-0.15, -0.1) is 0 Å². The smallest absolute Gasteiger partial charge is 0.358 e. The van der Waals surface area contributed by atoms with Crippen molar-refractivity contribution in [3.8, 4) is 0 Å². The monoisotopic (exact) mass is 298 g/mol. The fourth-order valence-electron chi connectivity index (χ4n) is 2.11. The predicted molar refractivity (Wildman–Crippen MR) is 75.7 cm³/mol. The van der Waals surface area contributed by atoms with Crippen LogP contribution in [0.3, 0.4) is 0 Å². The third-order valence-corrected chi connectivity index (χ3v) is 4.37. The molecule has 0 aliphatic carbocycles. The molecule has 0 radical (unpaired) electrons. The highest BCUT2D eigenvalue weighted by Crippen LogP contribution is 2.30. The number of rotatable bonds is 5. The molecule has 7 heteroatoms. The van der Waals surface area contributed by atoms with Crippen molar-refractivity contribution in [3.63, 3.8) is 0 Å². The molecule has 2 rings (SSSR count). The topological polar surface area (TPSA) is 68.7 Å². The highest BCUT2D eigenvalue weighted by Gasteiger charge is 2.28. The molecule has 1 unspecified atom stereocenters. The van der Waals surface area contributed by atoms with Gasteiger partial charge in [-0.05, 0) is 13.3 Å². The maximum atomic E-state index is 11.8. The number of methoxy groups -OCH3 is 1. The molecule has 110 valence electrons. The molecule has 2 heterocycles. The Kier molecular flexibility index (Phi) is 4.72. The van der Waals surface area contributed by atoms with Crippen LogP contribution in [0.25, 0.3) is 0 Å². The van der Waals surface area contributed by atoms with Crippen LogP contribution in [0.1, 0.15) is 40.4 Å². The molecule has 20 heavy (non-hydrogen) atoms. The molecule has 1 fully saturated rings. The van der Waals surface area contributed by atoms with Gasteiger partial charge in [0.2, 0.25) is 0 Å². The molecular weight excluding hydrogens is 280 g/mol. The lowest BCUT2D eigenvalue weighted by Gasteiger charge is -2.13. The highest BCUT2D eigenvalue weighted by molar-refractivity contribution is 7.17. The Balaban J connectivity index is 2.25. The van der Waals surface area contributed by atoms with Crippen LogP contribution in [-0.2, 0) is 9.47 Å². The maximum absolute atomic E-state index is 11.8. The Labute approximate surface area is 121 Å². The summed E-state index contributed by atoms with van der Waals surface area (Å²) in [5.74, 6) is -0.707. The summed E-state index contributed by atoms with van der Waals surface area (Å²) in [6.45, 7) is 4.96. The molecule has 1 aromatic rings. The molecule has 0 amide bonds. The van der Waals surface area contributed by atoms with E-state index in [1.54, 1.807) is 14.0 Å². The van der Waals surface area contributed by atoms with E-state index in [0.29, 0.717) is 10.0 Å². The molecule has 0 saturated carbocycles. The van der Waals surface area contributed by atoms with E-state index in [1.165, 1.54) is 18.3 Å². The number of ether oxygens (including phenoxy) is 2. The number of Topliss-reactive ketones (excluding diaryl/α,β-unsaturated/α-hetero) is 1. The quantitative estimate of drug-likeness (QED) is 0.609. The lowest BCUT2D eigenvalue weighted by molar-refractivity contribution is 0.0517. The Bertz CT molecular complexity index is 514. The lowest BCUT2D eigenvalue weighted by Crippen LogP contribution is -2.22. The minimum atomic E-state index is -0.539. The van der Waals surface area contributed by atoms with Gasteiger partial charge in [0.1, 0.15) is 4.88 Å². The van der Waals surface area contributed by atoms with Gasteiger partial charge in [-0.3, -0.25) is 4.79 Å². The number of nitrogens with zero attached hydrogens (tertiary/aromatic N) is 2. The van der Waals surface area contributed by atoms with Crippen LogP contribution in [0.4, 0.5) is 5.13 Å². The third kappa shape index (κ3) is 2.99. The minimum Gasteiger partial charge on any atom is -0.461 e. The van der Waals surface area contributed by atoms with Gasteiger partial charge in [0.15, 0.2) is 16.6 Å². The molecule has 6 nitrogen and oxygen atoms in total. The zero-order valence-electron chi connectivity index (χ0n) is 11.8. The minimum absolute atomic E-state index is 0.125. The summed E-state index contributed by atoms with van der Waals surface area (Å²) in [6.07, 6.45) is 1.09. The maximum Gasteiger partial charge on any atom is 0.358 e. The van der Waals surface area contributed by atoms with Gasteiger partial charge in [0.05, 0.1) is 12.7 Å². The van der Waals surface area contributed by atoms with Crippen LogP contribution >= 0.6 is 11.3 Å². The standard InChI is InChI=1S/C13H18N2O4S/c1-4-19-12(17)10-11(8(2)16)20-13(14-10)15-6-5-9(7-15)18-3/h9H,4-7H2,1-3H3. The number of anilines is 1. The van der Waals surface area contributed by atoms with Gasteiger partial charge in [0.25, 0.3) is 0 Å². The number of carbonyl (C=O) groups excluding carboxylic acids is 2. The molecular formula is C13H18N2O4S. The zero-order chi connectivity index (χ0) is 14.7. The molecule has 1 aromatic heterocycles. The largest absolute Gasteiger partial charge is 0.461 e. The van der Waals surface area contributed by atoms with E-state index in [4.69, 9.17) is 9.47 Å². The Hall–Kier alpha value is -1.47. The van der Waals surface area contributed by atoms with Gasteiger partial charge in [0, 0.05) is 27.1 Å². The first-order valence-corrected chi connectivity index (χ1v) is 7.35. The van der Waals surface area contributed by atoms with Crippen molar-refractivity contribution in [3.05, 3.63) is 10.6 Å². The van der Waals surface area contributed by atoms with Crippen LogP contribution < -0.4 is 4.90 Å². The summed E-state index contributed by atoms with van der Waals surface area (Å²) in [4.78, 5) is 30.2. The van der Waals surface area contributed by atoms with Gasteiger partial charge >= 0.3 is 5.97 Å². The molecule has 0 N–H and O–H groups in total. The molecule has 1 saturated heterocycles. The predicted octanol–water partition coefficient (Wildman–Crippen LogP) is 1.75. The summed E-state index contributed by atoms with van der Waals surface area (Å²) in [5, 5.41) is 0.679. The Morgan fingerprint density at radius 1 is 1.50 bits per heavy atom. The third-order valence-electron chi connectivity index (χ3n) is 3.15. The van der Waals surface area contributed by atoms with Crippen molar-refractivity contribution in [2.45, 2.75) is 26.4 Å². The van der Waals surface area contributed by atoms with Crippen LogP contribution in [0.5, 0.6) is 0 Å². The van der Waals surface area contributed by atoms with E-state index < -0.39 is 5.97 Å². The second-order valence-corrected chi connectivity index (χ2v) is 5.52. The summed E-state index contributed by atoms with van der Waals surface area (Å²) in [7, 11) is 1.68. The number of esters is 1. The van der Waals surface area contributed by atoms with E-state index in [-0.39, 0.29) is 24.2 Å². The van der Waals surface area contributed by atoms with Crippen molar-refractivity contribution in [1.29, 1.82) is 0 Å². The van der Waals surface area contributed by atoms with Crippen LogP contribution in [-0.4, -0.2) is 49.6 Å². The molecule has 1 atom stereocenters. The second kappa shape index (κ2) is 6.32. The fourth-order valence-corrected chi connectivity index (χ4v) is 3.10. The van der Waals surface area contributed by atoms with E-state index in [0.717, 1.165) is 19.5 Å². The Morgan fingerprint density at radius 3 is 2.80 bits per heavy atom. The van der Waals surface area contributed by atoms with Gasteiger partial charge in [-0.2, -0.15) is 0 Å². The summed E-state index contributed by atoms with van der Waals surface area (Å²) < 4.78 is 10.3. The van der Waals surface area contributed by atoms with Crippen molar-refractivity contribution >= 4 is 28.2 Å². The SMILES string of the molecule is CCOC(=O)c1nc(N2CCC(OC)C2)sc1C(C)=O. The molecule has 0 spiro atoms. The number of aromatic nitrogens is 1. The zero-order valence-corrected chi connectivity index (χ0v) is 12.7. The lowest BCUT2D eigenvalue weighted by atomic mass is 10.3. The second-order valence-electron chi connectivity index (χ2n) is 4.54. The van der Waals surface area contributed by atoms with Gasteiger partial charge in [-0.25, -0.2) is 9.78 Å². The summed E-state index contributed by atoms with van der Waals surface area (Å²) in [5.41, 5.74) is 0.125. The van der Waals surface area contributed by atoms with Crippen molar-refractivity contribution in [2.24, 2.45) is 0 Å².